The van der Waals surface area contributed by atoms with Gasteiger partial charge >= 0.3 is 5.97 Å². The summed E-state index contributed by atoms with van der Waals surface area (Å²) in [6, 6.07) is 14.9. The lowest BCUT2D eigenvalue weighted by atomic mass is 10.1. The molecule has 1 N–H and O–H groups in total. The van der Waals surface area contributed by atoms with Crippen molar-refractivity contribution in [2.75, 3.05) is 6.61 Å². The molecule has 0 aromatic heterocycles. The van der Waals surface area contributed by atoms with Gasteiger partial charge in [-0.2, -0.15) is 0 Å². The van der Waals surface area contributed by atoms with Gasteiger partial charge in [-0.3, -0.25) is 9.69 Å². The molecule has 5 nitrogen and oxygen atoms in total. The Morgan fingerprint density at radius 1 is 1.21 bits per heavy atom. The SMILES string of the molecule is CCCOc1ccccc1/C=C1/SC(=S)N(C(C(=O)O)c2ccccc2)C1=O. The van der Waals surface area contributed by atoms with Crippen LogP contribution in [0.5, 0.6) is 5.75 Å². The van der Waals surface area contributed by atoms with Crippen molar-refractivity contribution in [2.45, 2.75) is 19.4 Å². The highest BCUT2D eigenvalue weighted by molar-refractivity contribution is 8.26. The van der Waals surface area contributed by atoms with Crippen molar-refractivity contribution in [1.82, 2.24) is 4.90 Å². The third kappa shape index (κ3) is 4.26. The molecular weight excluding hydrogens is 394 g/mol. The molecule has 2 aromatic carbocycles. The highest BCUT2D eigenvalue weighted by atomic mass is 32.2. The van der Waals surface area contributed by atoms with Crippen LogP contribution < -0.4 is 4.74 Å². The van der Waals surface area contributed by atoms with E-state index in [1.54, 1.807) is 36.4 Å². The summed E-state index contributed by atoms with van der Waals surface area (Å²) in [5.74, 6) is -0.876. The van der Waals surface area contributed by atoms with E-state index in [0.29, 0.717) is 22.8 Å². The van der Waals surface area contributed by atoms with E-state index in [4.69, 9.17) is 17.0 Å². The second-order valence-corrected chi connectivity index (χ2v) is 7.77. The van der Waals surface area contributed by atoms with Crippen LogP contribution in [0.1, 0.15) is 30.5 Å². The Balaban J connectivity index is 1.94. The summed E-state index contributed by atoms with van der Waals surface area (Å²) in [6.45, 7) is 2.59. The number of para-hydroxylation sites is 1. The number of hydrogen-bond acceptors (Lipinski definition) is 5. The van der Waals surface area contributed by atoms with Crippen LogP contribution in [0, 0.1) is 0 Å². The minimum absolute atomic E-state index is 0.222. The van der Waals surface area contributed by atoms with Crippen molar-refractivity contribution in [1.29, 1.82) is 0 Å². The zero-order chi connectivity index (χ0) is 20.1. The van der Waals surface area contributed by atoms with Crippen LogP contribution in [0.3, 0.4) is 0 Å². The third-order valence-electron chi connectivity index (χ3n) is 4.10. The second kappa shape index (κ2) is 9.03. The third-order valence-corrected chi connectivity index (χ3v) is 5.43. The van der Waals surface area contributed by atoms with E-state index in [-0.39, 0.29) is 4.32 Å². The maximum Gasteiger partial charge on any atom is 0.331 e. The molecule has 0 aliphatic carbocycles. The van der Waals surface area contributed by atoms with Gasteiger partial charge in [0.25, 0.3) is 5.91 Å². The summed E-state index contributed by atoms with van der Waals surface area (Å²) in [6.07, 6.45) is 2.57. The van der Waals surface area contributed by atoms with Crippen LogP contribution in [0.15, 0.2) is 59.5 Å². The number of rotatable bonds is 7. The topological polar surface area (TPSA) is 66.8 Å². The lowest BCUT2D eigenvalue weighted by Gasteiger charge is -2.23. The van der Waals surface area contributed by atoms with E-state index in [0.717, 1.165) is 23.7 Å². The fraction of sp³-hybridized carbons (Fsp3) is 0.190. The van der Waals surface area contributed by atoms with Gasteiger partial charge in [0.1, 0.15) is 10.1 Å². The molecule has 1 amide bonds. The van der Waals surface area contributed by atoms with E-state index in [1.807, 2.05) is 31.2 Å². The molecule has 3 rings (SSSR count). The van der Waals surface area contributed by atoms with Crippen LogP contribution in [0.4, 0.5) is 0 Å². The Morgan fingerprint density at radius 2 is 1.89 bits per heavy atom. The van der Waals surface area contributed by atoms with Crippen molar-refractivity contribution in [3.05, 3.63) is 70.6 Å². The lowest BCUT2D eigenvalue weighted by molar-refractivity contribution is -0.145. The zero-order valence-electron chi connectivity index (χ0n) is 15.2. The summed E-state index contributed by atoms with van der Waals surface area (Å²) in [5.41, 5.74) is 1.25. The number of hydrogen-bond donors (Lipinski definition) is 1. The maximum absolute atomic E-state index is 13.0. The Morgan fingerprint density at radius 3 is 2.57 bits per heavy atom. The van der Waals surface area contributed by atoms with Gasteiger partial charge in [0, 0.05) is 5.56 Å². The zero-order valence-corrected chi connectivity index (χ0v) is 16.8. The number of thioether (sulfide) groups is 1. The quantitative estimate of drug-likeness (QED) is 0.532. The van der Waals surface area contributed by atoms with Crippen molar-refractivity contribution in [3.63, 3.8) is 0 Å². The van der Waals surface area contributed by atoms with E-state index >= 15 is 0 Å². The molecule has 7 heteroatoms. The van der Waals surface area contributed by atoms with Crippen LogP contribution in [0.2, 0.25) is 0 Å². The van der Waals surface area contributed by atoms with E-state index < -0.39 is 17.9 Å². The number of aliphatic carboxylic acids is 1. The second-order valence-electron chi connectivity index (χ2n) is 6.09. The highest BCUT2D eigenvalue weighted by Crippen LogP contribution is 2.39. The van der Waals surface area contributed by atoms with Crippen LogP contribution >= 0.6 is 24.0 Å². The smallest absolute Gasteiger partial charge is 0.331 e. The van der Waals surface area contributed by atoms with E-state index in [2.05, 4.69) is 0 Å². The number of thiocarbonyl (C=S) groups is 1. The molecule has 2 aromatic rings. The largest absolute Gasteiger partial charge is 0.493 e. The fourth-order valence-corrected chi connectivity index (χ4v) is 4.13. The molecule has 1 saturated heterocycles. The summed E-state index contributed by atoms with van der Waals surface area (Å²) in [7, 11) is 0. The number of ether oxygens (including phenoxy) is 1. The van der Waals surface area contributed by atoms with Crippen LogP contribution in [0.25, 0.3) is 6.08 Å². The molecule has 0 spiro atoms. The molecule has 0 saturated carbocycles. The van der Waals surface area contributed by atoms with Gasteiger partial charge in [0.2, 0.25) is 0 Å². The Labute approximate surface area is 173 Å². The van der Waals surface area contributed by atoms with Crippen molar-refractivity contribution >= 4 is 46.3 Å². The average molecular weight is 414 g/mol. The average Bonchev–Trinajstić information content (AvgIpc) is 2.96. The van der Waals surface area contributed by atoms with Gasteiger partial charge in [-0.1, -0.05) is 79.4 Å². The minimum Gasteiger partial charge on any atom is -0.493 e. The summed E-state index contributed by atoms with van der Waals surface area (Å²) < 4.78 is 5.96. The van der Waals surface area contributed by atoms with Crippen LogP contribution in [-0.4, -0.2) is 32.8 Å². The van der Waals surface area contributed by atoms with Gasteiger partial charge in [-0.15, -0.1) is 0 Å². The normalized spacial score (nSPS) is 16.5. The minimum atomic E-state index is -1.16. The number of amides is 1. The predicted octanol–water partition coefficient (Wildman–Crippen LogP) is 4.50. The first kappa shape index (κ1) is 20.1. The molecule has 0 bridgehead atoms. The molecule has 0 radical (unpaired) electrons. The molecule has 28 heavy (non-hydrogen) atoms. The molecule has 1 aliphatic rings. The number of nitrogens with zero attached hydrogens (tertiary/aromatic N) is 1. The molecule has 1 unspecified atom stereocenters. The number of carbonyl (C=O) groups excluding carboxylic acids is 1. The summed E-state index contributed by atoms with van der Waals surface area (Å²) in [4.78, 5) is 26.5. The van der Waals surface area contributed by atoms with Crippen molar-refractivity contribution in [3.8, 4) is 5.75 Å². The Kier molecular flexibility index (Phi) is 6.49. The predicted molar refractivity (Wildman–Crippen MR) is 114 cm³/mol. The first-order valence-corrected chi connectivity index (χ1v) is 10.0. The van der Waals surface area contributed by atoms with Crippen molar-refractivity contribution in [2.24, 2.45) is 0 Å². The molecule has 144 valence electrons. The standard InChI is InChI=1S/C21H19NO4S2/c1-2-12-26-16-11-7-6-10-15(16)13-17-19(23)22(21(27)28-17)18(20(24)25)14-8-4-3-5-9-14/h3-11,13,18H,2,12H2,1H3,(H,24,25)/b17-13+. The van der Waals surface area contributed by atoms with E-state index in [9.17, 15) is 14.7 Å². The van der Waals surface area contributed by atoms with E-state index in [1.165, 1.54) is 4.90 Å². The van der Waals surface area contributed by atoms with Gasteiger partial charge < -0.3 is 9.84 Å². The Hall–Kier alpha value is -2.64. The summed E-state index contributed by atoms with van der Waals surface area (Å²) >= 11 is 6.44. The molecule has 1 heterocycles. The van der Waals surface area contributed by atoms with Gasteiger partial charge in [-0.25, -0.2) is 4.79 Å². The van der Waals surface area contributed by atoms with Gasteiger partial charge in [-0.05, 0) is 24.1 Å². The van der Waals surface area contributed by atoms with Gasteiger partial charge in [0.15, 0.2) is 6.04 Å². The first-order valence-electron chi connectivity index (χ1n) is 8.79. The monoisotopic (exact) mass is 413 g/mol. The fourth-order valence-electron chi connectivity index (χ4n) is 2.82. The van der Waals surface area contributed by atoms with Crippen LogP contribution in [-0.2, 0) is 9.59 Å². The number of carbonyl (C=O) groups is 2. The Bertz CT molecular complexity index is 927. The first-order chi connectivity index (χ1) is 13.5. The lowest BCUT2D eigenvalue weighted by Crippen LogP contribution is -2.37. The van der Waals surface area contributed by atoms with Crippen molar-refractivity contribution < 1.29 is 19.4 Å². The van der Waals surface area contributed by atoms with Gasteiger partial charge in [0.05, 0.1) is 11.5 Å². The molecule has 1 fully saturated rings. The number of carboxylic acids is 1. The number of benzene rings is 2. The molecule has 1 aliphatic heterocycles. The molecule has 1 atom stereocenters. The number of carboxylic acid groups (broad SMARTS) is 1. The maximum atomic E-state index is 13.0. The highest BCUT2D eigenvalue weighted by Gasteiger charge is 2.41. The summed E-state index contributed by atoms with van der Waals surface area (Å²) in [5, 5.41) is 9.74. The molecular formula is C21H19NO4S2.